The summed E-state index contributed by atoms with van der Waals surface area (Å²) < 4.78 is 0. The first-order valence-electron chi connectivity index (χ1n) is 10.1. The van der Waals surface area contributed by atoms with Crippen molar-refractivity contribution in [1.82, 2.24) is 10.2 Å². The summed E-state index contributed by atoms with van der Waals surface area (Å²) in [4.78, 5) is 30.0. The number of primary amides is 1. The Bertz CT molecular complexity index is 685. The molecule has 0 spiro atoms. The molecule has 1 atom stereocenters. The van der Waals surface area contributed by atoms with Crippen LogP contribution in [0.25, 0.3) is 0 Å². The molecule has 7 nitrogen and oxygen atoms in total. The summed E-state index contributed by atoms with van der Waals surface area (Å²) >= 11 is 0. The van der Waals surface area contributed by atoms with Crippen molar-refractivity contribution in [2.75, 3.05) is 25.0 Å². The van der Waals surface area contributed by atoms with Gasteiger partial charge in [0.05, 0.1) is 6.54 Å². The molecule has 1 saturated heterocycles. The van der Waals surface area contributed by atoms with Crippen molar-refractivity contribution in [3.63, 3.8) is 0 Å². The maximum absolute atomic E-state index is 11.8. The summed E-state index contributed by atoms with van der Waals surface area (Å²) in [7, 11) is 0. The van der Waals surface area contributed by atoms with Gasteiger partial charge in [0.2, 0.25) is 11.8 Å². The molecule has 1 aliphatic rings. The molecule has 0 aliphatic carbocycles. The van der Waals surface area contributed by atoms with Gasteiger partial charge in [0.1, 0.15) is 0 Å². The lowest BCUT2D eigenvalue weighted by atomic mass is 9.95. The largest absolute Gasteiger partial charge is 0.370 e. The van der Waals surface area contributed by atoms with Crippen molar-refractivity contribution in [3.8, 4) is 0 Å². The van der Waals surface area contributed by atoms with Gasteiger partial charge in [-0.3, -0.25) is 9.59 Å². The second kappa shape index (κ2) is 10.7. The van der Waals surface area contributed by atoms with Gasteiger partial charge in [0.15, 0.2) is 5.96 Å². The zero-order valence-corrected chi connectivity index (χ0v) is 17.2. The van der Waals surface area contributed by atoms with Crippen molar-refractivity contribution in [1.29, 1.82) is 0 Å². The highest BCUT2D eigenvalue weighted by Crippen LogP contribution is 2.20. The molecule has 0 aromatic heterocycles. The van der Waals surface area contributed by atoms with E-state index in [1.54, 1.807) is 0 Å². The Hall–Kier alpha value is -2.57. The Morgan fingerprint density at radius 3 is 2.61 bits per heavy atom. The minimum absolute atomic E-state index is 0.0100. The van der Waals surface area contributed by atoms with Gasteiger partial charge in [-0.1, -0.05) is 26.0 Å². The molecule has 0 radical (unpaired) electrons. The summed E-state index contributed by atoms with van der Waals surface area (Å²) in [6, 6.07) is 7.77. The quantitative estimate of drug-likeness (QED) is 0.494. The fraction of sp³-hybridized carbons (Fsp3) is 0.571. The predicted molar refractivity (Wildman–Crippen MR) is 113 cm³/mol. The van der Waals surface area contributed by atoms with Crippen molar-refractivity contribution in [2.24, 2.45) is 22.6 Å². The summed E-state index contributed by atoms with van der Waals surface area (Å²) in [5.74, 6) is 0.886. The number of guanidine groups is 1. The van der Waals surface area contributed by atoms with Gasteiger partial charge in [0, 0.05) is 37.7 Å². The first-order chi connectivity index (χ1) is 13.4. The molecule has 2 rings (SSSR count). The number of hydrogen-bond acceptors (Lipinski definition) is 3. The molecular formula is C21H33N5O2. The lowest BCUT2D eigenvalue weighted by Crippen LogP contribution is -2.47. The van der Waals surface area contributed by atoms with Gasteiger partial charge in [-0.25, -0.2) is 4.99 Å². The summed E-state index contributed by atoms with van der Waals surface area (Å²) in [5, 5.41) is 6.24. The number of rotatable bonds is 7. The molecule has 1 fully saturated rings. The molecular weight excluding hydrogens is 354 g/mol. The van der Waals surface area contributed by atoms with Crippen LogP contribution in [0.5, 0.6) is 0 Å². The maximum Gasteiger partial charge on any atom is 0.226 e. The topological polar surface area (TPSA) is 99.8 Å². The number of anilines is 1. The summed E-state index contributed by atoms with van der Waals surface area (Å²) in [6.07, 6.45) is 2.49. The first kappa shape index (κ1) is 21.7. The highest BCUT2D eigenvalue weighted by molar-refractivity contribution is 5.92. The number of nitrogens with two attached hydrogens (primary N) is 1. The van der Waals surface area contributed by atoms with Gasteiger partial charge in [-0.15, -0.1) is 0 Å². The number of nitrogens with zero attached hydrogens (tertiary/aromatic N) is 2. The van der Waals surface area contributed by atoms with Crippen molar-refractivity contribution in [2.45, 2.75) is 46.6 Å². The van der Waals surface area contributed by atoms with E-state index in [1.165, 1.54) is 0 Å². The molecule has 1 unspecified atom stereocenters. The molecule has 0 saturated carbocycles. The fourth-order valence-electron chi connectivity index (χ4n) is 3.28. The third-order valence-electron chi connectivity index (χ3n) is 4.80. The monoisotopic (exact) mass is 387 g/mol. The van der Waals surface area contributed by atoms with Crippen LogP contribution in [0.4, 0.5) is 5.69 Å². The molecule has 1 aromatic rings. The SMILES string of the molecule is CCNC(=NCc1ccc(NC(=O)C(C)C)cc1)N1CCCC(CC(N)=O)C1. The average molecular weight is 388 g/mol. The van der Waals surface area contributed by atoms with Crippen LogP contribution >= 0.6 is 0 Å². The number of aliphatic imine (C=N–C) groups is 1. The Morgan fingerprint density at radius 1 is 1.29 bits per heavy atom. The van der Waals surface area contributed by atoms with Gasteiger partial charge >= 0.3 is 0 Å². The number of nitrogens with one attached hydrogen (secondary N) is 2. The number of carbonyl (C=O) groups is 2. The molecule has 0 bridgehead atoms. The van der Waals surface area contributed by atoms with E-state index in [2.05, 4.69) is 15.5 Å². The van der Waals surface area contributed by atoms with E-state index in [0.717, 1.165) is 49.7 Å². The van der Waals surface area contributed by atoms with Gasteiger partial charge in [-0.05, 0) is 43.4 Å². The third-order valence-corrected chi connectivity index (χ3v) is 4.80. The van der Waals surface area contributed by atoms with E-state index in [1.807, 2.05) is 45.0 Å². The van der Waals surface area contributed by atoms with Crippen molar-refractivity contribution >= 4 is 23.5 Å². The minimum atomic E-state index is -0.238. The second-order valence-electron chi connectivity index (χ2n) is 7.64. The van der Waals surface area contributed by atoms with Crippen LogP contribution in [0, 0.1) is 11.8 Å². The van der Waals surface area contributed by atoms with Gasteiger partial charge in [0.25, 0.3) is 0 Å². The van der Waals surface area contributed by atoms with Crippen LogP contribution in [0.3, 0.4) is 0 Å². The van der Waals surface area contributed by atoms with Crippen LogP contribution in [0.1, 0.15) is 45.6 Å². The normalized spacial score (nSPS) is 17.5. The molecule has 7 heteroatoms. The number of amides is 2. The van der Waals surface area contributed by atoms with E-state index in [0.29, 0.717) is 18.9 Å². The Labute approximate surface area is 167 Å². The Morgan fingerprint density at radius 2 is 2.00 bits per heavy atom. The van der Waals surface area contributed by atoms with E-state index in [-0.39, 0.29) is 17.7 Å². The van der Waals surface area contributed by atoms with Crippen LogP contribution in [0.2, 0.25) is 0 Å². The maximum atomic E-state index is 11.8. The van der Waals surface area contributed by atoms with E-state index in [9.17, 15) is 9.59 Å². The van der Waals surface area contributed by atoms with Gasteiger partial charge in [-0.2, -0.15) is 0 Å². The van der Waals surface area contributed by atoms with Crippen molar-refractivity contribution < 1.29 is 9.59 Å². The number of likely N-dealkylation sites (tertiary alicyclic amines) is 1. The van der Waals surface area contributed by atoms with E-state index in [4.69, 9.17) is 10.7 Å². The number of piperidine rings is 1. The van der Waals surface area contributed by atoms with Crippen molar-refractivity contribution in [3.05, 3.63) is 29.8 Å². The molecule has 1 aromatic carbocycles. The van der Waals surface area contributed by atoms with Crippen LogP contribution in [-0.4, -0.2) is 42.3 Å². The van der Waals surface area contributed by atoms with Crippen LogP contribution < -0.4 is 16.4 Å². The van der Waals surface area contributed by atoms with E-state index >= 15 is 0 Å². The Balaban J connectivity index is 1.99. The molecule has 28 heavy (non-hydrogen) atoms. The summed E-state index contributed by atoms with van der Waals surface area (Å²) in [6.45, 7) is 8.86. The van der Waals surface area contributed by atoms with Crippen LogP contribution in [-0.2, 0) is 16.1 Å². The number of hydrogen-bond donors (Lipinski definition) is 3. The Kier molecular flexibility index (Phi) is 8.29. The van der Waals surface area contributed by atoms with Gasteiger partial charge < -0.3 is 21.3 Å². The second-order valence-corrected chi connectivity index (χ2v) is 7.64. The smallest absolute Gasteiger partial charge is 0.226 e. The standard InChI is InChI=1S/C21H33N5O2/c1-4-23-21(26-11-5-6-17(14-26)12-19(22)27)24-13-16-7-9-18(10-8-16)25-20(28)15(2)3/h7-10,15,17H,4-6,11-14H2,1-3H3,(H2,22,27)(H,23,24)(H,25,28). The lowest BCUT2D eigenvalue weighted by molar-refractivity contribution is -0.119. The molecule has 1 heterocycles. The van der Waals surface area contributed by atoms with Crippen LogP contribution in [0.15, 0.2) is 29.3 Å². The predicted octanol–water partition coefficient (Wildman–Crippen LogP) is 2.33. The van der Waals surface area contributed by atoms with E-state index < -0.39 is 0 Å². The average Bonchev–Trinajstić information content (AvgIpc) is 2.66. The fourth-order valence-corrected chi connectivity index (χ4v) is 3.28. The molecule has 1 aliphatic heterocycles. The number of carbonyl (C=O) groups excluding carboxylic acids is 2. The third kappa shape index (κ3) is 6.87. The zero-order chi connectivity index (χ0) is 20.5. The molecule has 154 valence electrons. The lowest BCUT2D eigenvalue weighted by Gasteiger charge is -2.34. The number of benzene rings is 1. The highest BCUT2D eigenvalue weighted by atomic mass is 16.2. The molecule has 2 amide bonds. The summed E-state index contributed by atoms with van der Waals surface area (Å²) in [5.41, 5.74) is 7.24. The highest BCUT2D eigenvalue weighted by Gasteiger charge is 2.23. The minimum Gasteiger partial charge on any atom is -0.370 e. The first-order valence-corrected chi connectivity index (χ1v) is 10.1. The molecule has 4 N–H and O–H groups in total. The zero-order valence-electron chi connectivity index (χ0n) is 17.2.